The highest BCUT2D eigenvalue weighted by Gasteiger charge is 2.35. The van der Waals surface area contributed by atoms with Gasteiger partial charge in [0.25, 0.3) is 11.8 Å². The fourth-order valence-corrected chi connectivity index (χ4v) is 7.88. The Balaban J connectivity index is 2.19. The van der Waals surface area contributed by atoms with Crippen LogP contribution in [0.15, 0.2) is 51.2 Å². The van der Waals surface area contributed by atoms with E-state index in [4.69, 9.17) is 55.3 Å². The van der Waals surface area contributed by atoms with Crippen LogP contribution in [0.4, 0.5) is 49.1 Å². The summed E-state index contributed by atoms with van der Waals surface area (Å²) in [6, 6.07) is 4.79. The molecule has 388 valence electrons. The lowest BCUT2D eigenvalue weighted by molar-refractivity contribution is -0.138. The van der Waals surface area contributed by atoms with Gasteiger partial charge in [-0.3, -0.25) is 29.5 Å². The molecule has 0 aliphatic rings. The summed E-state index contributed by atoms with van der Waals surface area (Å²) in [7, 11) is 0. The number of alkyl halides is 6. The molecule has 20 nitrogen and oxygen atoms in total. The number of ether oxygens (including phenoxy) is 2. The van der Waals surface area contributed by atoms with Gasteiger partial charge in [-0.25, -0.2) is 0 Å². The van der Waals surface area contributed by atoms with Gasteiger partial charge in [-0.1, -0.05) is 0 Å². The molecule has 3 rings (SSSR count). The quantitative estimate of drug-likeness (QED) is 0.0118. The molecular formula is C42H60F6N14O6S2. The van der Waals surface area contributed by atoms with Crippen LogP contribution in [0.25, 0.3) is 0 Å². The Morgan fingerprint density at radius 3 is 1.37 bits per heavy atom. The van der Waals surface area contributed by atoms with Crippen LogP contribution in [-0.4, -0.2) is 99.9 Å². The number of benzene rings is 3. The van der Waals surface area contributed by atoms with Crippen LogP contribution < -0.4 is 81.9 Å². The number of halogens is 6. The van der Waals surface area contributed by atoms with Crippen molar-refractivity contribution in [1.82, 2.24) is 5.32 Å². The molecule has 0 aromatic heterocycles. The second-order valence-electron chi connectivity index (χ2n) is 14.9. The first-order valence-electron chi connectivity index (χ1n) is 21.7. The van der Waals surface area contributed by atoms with Gasteiger partial charge in [-0.15, -0.1) is 23.5 Å². The number of nitrogens with two attached hydrogens (primary N) is 8. The zero-order valence-electron chi connectivity index (χ0n) is 38.0. The Morgan fingerprint density at radius 1 is 0.586 bits per heavy atom. The summed E-state index contributed by atoms with van der Waals surface area (Å²) < 4.78 is 98.2. The average Bonchev–Trinajstić information content (AvgIpc) is 3.28. The third-order valence-corrected chi connectivity index (χ3v) is 11.6. The van der Waals surface area contributed by atoms with Crippen LogP contribution in [0.2, 0.25) is 0 Å². The van der Waals surface area contributed by atoms with Gasteiger partial charge in [0.15, 0.2) is 5.96 Å². The molecule has 0 radical (unpaired) electrons. The van der Waals surface area contributed by atoms with Crippen molar-refractivity contribution in [3.05, 3.63) is 58.7 Å². The predicted octanol–water partition coefficient (Wildman–Crippen LogP) is 3.29. The average molecular weight is 1040 g/mol. The van der Waals surface area contributed by atoms with Gasteiger partial charge >= 0.3 is 12.4 Å². The van der Waals surface area contributed by atoms with E-state index >= 15 is 0 Å². The van der Waals surface area contributed by atoms with Crippen LogP contribution in [0, 0.1) is 0 Å². The molecule has 3 aromatic rings. The molecule has 0 aliphatic carbocycles. The number of thioether (sulfide) groups is 2. The third kappa shape index (κ3) is 19.3. The standard InChI is InChI=1S/C42H60F6N14O6S2/c43-41(44,45)23-17-27(59-33(63)5-1-3-11-57-39(53)54)35(69-15-9-51)29(19-23)61-37(65)25-21-26(32(68-14-8-50)22-31(25)67-13-7-49)38(66)62-30-20-24(42(46,47)48)18-28(36(30)70-16-10-52)60-34(64)6-2-4-12-58-40(55)56/h17-22,39,57H,1-16,49-54H2,(H,59,63)(H,60,64)(H,61,65)(H,62,66)(H4,55,56,58). The largest absolute Gasteiger partial charge is 0.491 e. The van der Waals surface area contributed by atoms with Gasteiger partial charge in [-0.2, -0.15) is 26.3 Å². The molecule has 0 unspecified atom stereocenters. The lowest BCUT2D eigenvalue weighted by Crippen LogP contribution is -2.45. The van der Waals surface area contributed by atoms with E-state index in [1.165, 1.54) is 0 Å². The Hall–Kier alpha value is -5.59. The number of hydrogen-bond acceptors (Lipinski definition) is 16. The van der Waals surface area contributed by atoms with E-state index < -0.39 is 75.9 Å². The highest BCUT2D eigenvalue weighted by atomic mass is 32.2. The van der Waals surface area contributed by atoms with E-state index in [1.807, 2.05) is 0 Å². The summed E-state index contributed by atoms with van der Waals surface area (Å²) in [6.07, 6.45) is -9.54. The first kappa shape index (κ1) is 58.7. The number of nitrogens with one attached hydrogen (secondary N) is 5. The smallest absolute Gasteiger partial charge is 0.416 e. The maximum absolute atomic E-state index is 14.4. The first-order chi connectivity index (χ1) is 33.1. The molecule has 0 aliphatic heterocycles. The summed E-state index contributed by atoms with van der Waals surface area (Å²) in [5, 5.41) is 12.7. The van der Waals surface area contributed by atoms with Gasteiger partial charge in [0.2, 0.25) is 11.8 Å². The van der Waals surface area contributed by atoms with Crippen LogP contribution >= 0.6 is 23.5 Å². The molecule has 0 saturated heterocycles. The van der Waals surface area contributed by atoms with Crippen molar-refractivity contribution in [3.8, 4) is 11.5 Å². The number of amides is 4. The lowest BCUT2D eigenvalue weighted by atomic mass is 10.1. The molecule has 0 bridgehead atoms. The summed E-state index contributed by atoms with van der Waals surface area (Å²) in [6.45, 7) is 0.0326. The Morgan fingerprint density at radius 2 is 1.00 bits per heavy atom. The Labute approximate surface area is 408 Å². The number of unbranched alkanes of at least 4 members (excludes halogenated alkanes) is 2. The number of aliphatic imine (C=N–C) groups is 1. The minimum Gasteiger partial charge on any atom is -0.491 e. The highest BCUT2D eigenvalue weighted by Crippen LogP contribution is 2.44. The Kier molecular flexibility index (Phi) is 24.3. The number of hydrogen-bond donors (Lipinski definition) is 13. The SMILES string of the molecule is NCCOc1cc(OCCN)c(C(=O)Nc2cc(C(F)(F)F)cc(NC(=O)CCCCNC(N)N)c2SCCN)cc1C(=O)Nc1cc(C(F)(F)F)cc(NC(=O)CCCCN=C(N)N)c1SCCN. The minimum absolute atomic E-state index is 0.00195. The normalized spacial score (nSPS) is 11.6. The van der Waals surface area contributed by atoms with Gasteiger partial charge in [0, 0.05) is 63.1 Å². The maximum atomic E-state index is 14.4. The van der Waals surface area contributed by atoms with Gasteiger partial charge in [0.1, 0.15) is 31.0 Å². The molecule has 0 saturated carbocycles. The van der Waals surface area contributed by atoms with E-state index in [9.17, 15) is 45.5 Å². The monoisotopic (exact) mass is 1030 g/mol. The third-order valence-electron chi connectivity index (χ3n) is 9.24. The van der Waals surface area contributed by atoms with Gasteiger partial charge in [0.05, 0.1) is 54.8 Å². The van der Waals surface area contributed by atoms with E-state index in [-0.39, 0.29) is 115 Å². The highest BCUT2D eigenvalue weighted by molar-refractivity contribution is 7.99. The van der Waals surface area contributed by atoms with Gasteiger partial charge in [-0.05, 0) is 62.6 Å². The second-order valence-corrected chi connectivity index (χ2v) is 17.1. The van der Waals surface area contributed by atoms with Crippen LogP contribution in [-0.2, 0) is 21.9 Å². The van der Waals surface area contributed by atoms with Gasteiger partial charge < -0.3 is 76.6 Å². The van der Waals surface area contributed by atoms with Crippen molar-refractivity contribution in [1.29, 1.82) is 0 Å². The fraction of sp³-hybridized carbons (Fsp3) is 0.452. The van der Waals surface area contributed by atoms with Crippen molar-refractivity contribution in [2.75, 3.05) is 85.3 Å². The lowest BCUT2D eigenvalue weighted by Gasteiger charge is -2.21. The summed E-state index contributed by atoms with van der Waals surface area (Å²) in [5.74, 6) is -4.01. The van der Waals surface area contributed by atoms with E-state index in [2.05, 4.69) is 31.6 Å². The van der Waals surface area contributed by atoms with Crippen LogP contribution in [0.5, 0.6) is 11.5 Å². The summed E-state index contributed by atoms with van der Waals surface area (Å²) in [5.41, 5.74) is 39.6. The van der Waals surface area contributed by atoms with Crippen molar-refractivity contribution in [2.45, 2.75) is 67.0 Å². The minimum atomic E-state index is -4.98. The maximum Gasteiger partial charge on any atom is 0.416 e. The molecule has 4 amide bonds. The molecule has 0 atom stereocenters. The van der Waals surface area contributed by atoms with Crippen molar-refractivity contribution < 1.29 is 55.0 Å². The number of anilines is 4. The predicted molar refractivity (Wildman–Crippen MR) is 260 cm³/mol. The van der Waals surface area contributed by atoms with Crippen molar-refractivity contribution in [2.24, 2.45) is 50.9 Å². The van der Waals surface area contributed by atoms with E-state index in [0.717, 1.165) is 35.7 Å². The molecular weight excluding hydrogens is 975 g/mol. The molecule has 21 N–H and O–H groups in total. The number of nitrogens with zero attached hydrogens (tertiary/aromatic N) is 1. The Bertz CT molecular complexity index is 2270. The molecule has 0 heterocycles. The van der Waals surface area contributed by atoms with Crippen molar-refractivity contribution >= 4 is 75.9 Å². The van der Waals surface area contributed by atoms with E-state index in [1.54, 1.807) is 0 Å². The number of rotatable bonds is 29. The molecule has 70 heavy (non-hydrogen) atoms. The second kappa shape index (κ2) is 28.9. The molecule has 28 heteroatoms. The van der Waals surface area contributed by atoms with E-state index in [0.29, 0.717) is 50.1 Å². The van der Waals surface area contributed by atoms with Crippen LogP contribution in [0.3, 0.4) is 0 Å². The number of guanidine groups is 1. The summed E-state index contributed by atoms with van der Waals surface area (Å²) in [4.78, 5) is 58.7. The first-order valence-corrected chi connectivity index (χ1v) is 23.6. The summed E-state index contributed by atoms with van der Waals surface area (Å²) >= 11 is 1.86. The topological polar surface area (TPSA) is 367 Å². The molecule has 3 aromatic carbocycles. The van der Waals surface area contributed by atoms with Crippen molar-refractivity contribution in [3.63, 3.8) is 0 Å². The molecule has 0 fully saturated rings. The zero-order valence-corrected chi connectivity index (χ0v) is 39.6. The zero-order chi connectivity index (χ0) is 52.0. The number of carbonyl (C=O) groups is 4. The number of carbonyl (C=O) groups excluding carboxylic acids is 4. The van der Waals surface area contributed by atoms with Crippen LogP contribution in [0.1, 0.15) is 70.4 Å². The molecule has 0 spiro atoms. The fourth-order valence-electron chi connectivity index (χ4n) is 6.17.